The number of aliphatic hydroxyl groups excluding tert-OH is 3. The van der Waals surface area contributed by atoms with E-state index in [-0.39, 0.29) is 37.1 Å². The van der Waals surface area contributed by atoms with Gasteiger partial charge in [-0.2, -0.15) is 0 Å². The lowest BCUT2D eigenvalue weighted by molar-refractivity contribution is -0.0607. The van der Waals surface area contributed by atoms with Gasteiger partial charge in [-0.05, 0) is 97.7 Å². The summed E-state index contributed by atoms with van der Waals surface area (Å²) in [6, 6.07) is 0. The van der Waals surface area contributed by atoms with Crippen molar-refractivity contribution in [3.63, 3.8) is 0 Å². The maximum Gasteiger partial charge on any atom is 0.0578 e. The molecule has 216 valence electrons. The Morgan fingerprint density at radius 3 is 2.24 bits per heavy atom. The second-order valence-electron chi connectivity index (χ2n) is 14.2. The molecule has 0 aliphatic heterocycles. The highest BCUT2D eigenvalue weighted by molar-refractivity contribution is 5.85. The molecule has 4 aliphatic carbocycles. The van der Waals surface area contributed by atoms with E-state index in [9.17, 15) is 15.3 Å². The van der Waals surface area contributed by atoms with Gasteiger partial charge in [-0.15, -0.1) is 12.4 Å². The molecule has 0 aromatic carbocycles. The van der Waals surface area contributed by atoms with Gasteiger partial charge in [-0.25, -0.2) is 0 Å². The first-order valence-corrected chi connectivity index (χ1v) is 15.5. The molecule has 0 spiro atoms. The normalized spacial score (nSPS) is 38.3. The average Bonchev–Trinajstić information content (AvgIpc) is 3.17. The van der Waals surface area contributed by atoms with Crippen molar-refractivity contribution in [2.45, 2.75) is 111 Å². The largest absolute Gasteiger partial charge is 0.395 e. The van der Waals surface area contributed by atoms with Crippen LogP contribution in [0.4, 0.5) is 0 Å². The first-order chi connectivity index (χ1) is 17.1. The van der Waals surface area contributed by atoms with Crippen LogP contribution in [-0.4, -0.2) is 59.2 Å². The number of hydrogen-bond acceptors (Lipinski definition) is 4. The van der Waals surface area contributed by atoms with Gasteiger partial charge in [0.15, 0.2) is 0 Å². The van der Waals surface area contributed by atoms with Gasteiger partial charge < -0.3 is 15.3 Å². The molecule has 0 radical (unpaired) electrons. The van der Waals surface area contributed by atoms with Crippen molar-refractivity contribution >= 4 is 12.4 Å². The van der Waals surface area contributed by atoms with Crippen molar-refractivity contribution < 1.29 is 15.3 Å². The fourth-order valence-electron chi connectivity index (χ4n) is 9.92. The third-order valence-corrected chi connectivity index (χ3v) is 11.7. The molecule has 0 aromatic heterocycles. The zero-order valence-electron chi connectivity index (χ0n) is 24.6. The SMILES string of the molecule is CC(C)CCC[C@@H](C)[C@H]1CC[C@H]2[C@@H]3CC(CN(CCO)CCO)=C4C[C@@H](O)CC[C@]4(C)[C@H]3CC[C@]12C.Cl. The van der Waals surface area contributed by atoms with Gasteiger partial charge in [0.2, 0.25) is 0 Å². The van der Waals surface area contributed by atoms with Crippen molar-refractivity contribution in [2.24, 2.45) is 46.3 Å². The number of halogens is 1. The van der Waals surface area contributed by atoms with Crippen molar-refractivity contribution in [2.75, 3.05) is 32.8 Å². The fraction of sp³-hybridized carbons (Fsp3) is 0.938. The topological polar surface area (TPSA) is 63.9 Å². The van der Waals surface area contributed by atoms with E-state index in [1.165, 1.54) is 56.9 Å². The molecule has 4 aliphatic rings. The fourth-order valence-corrected chi connectivity index (χ4v) is 9.92. The summed E-state index contributed by atoms with van der Waals surface area (Å²) in [4.78, 5) is 2.24. The van der Waals surface area contributed by atoms with Crippen LogP contribution in [0.15, 0.2) is 11.1 Å². The summed E-state index contributed by atoms with van der Waals surface area (Å²) < 4.78 is 0. The lowest BCUT2D eigenvalue weighted by Crippen LogP contribution is -2.52. The van der Waals surface area contributed by atoms with Gasteiger partial charge >= 0.3 is 0 Å². The van der Waals surface area contributed by atoms with Gasteiger partial charge in [0.25, 0.3) is 0 Å². The molecule has 0 aromatic rings. The quantitative estimate of drug-likeness (QED) is 0.263. The number of aliphatic hydroxyl groups is 3. The molecule has 0 heterocycles. The van der Waals surface area contributed by atoms with Gasteiger partial charge in [-0.1, -0.05) is 65.0 Å². The predicted molar refractivity (Wildman–Crippen MR) is 156 cm³/mol. The minimum Gasteiger partial charge on any atom is -0.395 e. The average molecular weight is 540 g/mol. The summed E-state index contributed by atoms with van der Waals surface area (Å²) >= 11 is 0. The van der Waals surface area contributed by atoms with Crippen LogP contribution in [0.5, 0.6) is 0 Å². The third kappa shape index (κ3) is 6.29. The van der Waals surface area contributed by atoms with Crippen LogP contribution in [0.25, 0.3) is 0 Å². The Balaban J connectivity index is 0.00000380. The van der Waals surface area contributed by atoms with Crippen molar-refractivity contribution in [1.82, 2.24) is 4.90 Å². The van der Waals surface area contributed by atoms with Crippen LogP contribution < -0.4 is 0 Å². The molecule has 0 amide bonds. The summed E-state index contributed by atoms with van der Waals surface area (Å²) in [5.41, 5.74) is 3.77. The summed E-state index contributed by atoms with van der Waals surface area (Å²) in [7, 11) is 0. The molecule has 3 fully saturated rings. The molecule has 0 bridgehead atoms. The Morgan fingerprint density at radius 1 is 0.892 bits per heavy atom. The Bertz CT molecular complexity index is 765. The van der Waals surface area contributed by atoms with E-state index in [4.69, 9.17) is 0 Å². The molecule has 3 N–H and O–H groups in total. The van der Waals surface area contributed by atoms with E-state index in [1.807, 2.05) is 0 Å². The van der Waals surface area contributed by atoms with Gasteiger partial charge in [0.05, 0.1) is 19.3 Å². The Labute approximate surface area is 234 Å². The predicted octanol–water partition coefficient (Wildman–Crippen LogP) is 6.47. The monoisotopic (exact) mass is 539 g/mol. The van der Waals surface area contributed by atoms with Crippen molar-refractivity contribution in [3.8, 4) is 0 Å². The summed E-state index contributed by atoms with van der Waals surface area (Å²) in [5, 5.41) is 30.0. The number of hydrogen-bond donors (Lipinski definition) is 3. The molecule has 0 unspecified atom stereocenters. The summed E-state index contributed by atoms with van der Waals surface area (Å²) in [5.74, 6) is 4.83. The summed E-state index contributed by atoms with van der Waals surface area (Å²) in [6.07, 6.45) is 13.5. The van der Waals surface area contributed by atoms with E-state index in [1.54, 1.807) is 5.57 Å². The standard InChI is InChI=1S/C32H57NO3.ClH/c1-22(2)7-6-8-23(3)27-9-10-28-26-19-24(21-33(15-17-34)16-18-35)30-20-25(36)11-13-32(30,5)29(26)12-14-31(27,28)4;/h22-23,25-29,34-36H,6-21H2,1-5H3;1H/t23-,25+,26+,27-,28+,29+,31-,32-;/m1./s1. The van der Waals surface area contributed by atoms with Crippen LogP contribution in [0.2, 0.25) is 0 Å². The highest BCUT2D eigenvalue weighted by Crippen LogP contribution is 2.68. The van der Waals surface area contributed by atoms with Crippen LogP contribution in [0.3, 0.4) is 0 Å². The Kier molecular flexibility index (Phi) is 11.1. The van der Waals surface area contributed by atoms with Crippen molar-refractivity contribution in [3.05, 3.63) is 11.1 Å². The minimum absolute atomic E-state index is 0. The van der Waals surface area contributed by atoms with Gasteiger partial charge in [0.1, 0.15) is 0 Å². The minimum atomic E-state index is -0.208. The second-order valence-corrected chi connectivity index (χ2v) is 14.2. The molecule has 4 nitrogen and oxygen atoms in total. The zero-order valence-corrected chi connectivity index (χ0v) is 25.4. The maximum atomic E-state index is 10.7. The third-order valence-electron chi connectivity index (χ3n) is 11.7. The molecular formula is C32H58ClNO3. The van der Waals surface area contributed by atoms with Crippen LogP contribution in [0.1, 0.15) is 105 Å². The number of rotatable bonds is 11. The highest BCUT2D eigenvalue weighted by Gasteiger charge is 2.60. The maximum absolute atomic E-state index is 10.7. The van der Waals surface area contributed by atoms with Crippen molar-refractivity contribution in [1.29, 1.82) is 0 Å². The van der Waals surface area contributed by atoms with E-state index in [0.717, 1.165) is 61.3 Å². The first kappa shape index (κ1) is 31.4. The van der Waals surface area contributed by atoms with Gasteiger partial charge in [-0.3, -0.25) is 4.90 Å². The van der Waals surface area contributed by atoms with Crippen LogP contribution in [0, 0.1) is 46.3 Å². The molecule has 0 saturated heterocycles. The van der Waals surface area contributed by atoms with Gasteiger partial charge in [0, 0.05) is 19.6 Å². The number of nitrogens with zero attached hydrogens (tertiary/aromatic N) is 1. The lowest BCUT2D eigenvalue weighted by atomic mass is 9.46. The van der Waals surface area contributed by atoms with Crippen LogP contribution >= 0.6 is 12.4 Å². The first-order valence-electron chi connectivity index (χ1n) is 15.5. The lowest BCUT2D eigenvalue weighted by Gasteiger charge is -2.59. The van der Waals surface area contributed by atoms with E-state index >= 15 is 0 Å². The molecule has 3 saturated carbocycles. The zero-order chi connectivity index (χ0) is 26.1. The molecule has 37 heavy (non-hydrogen) atoms. The second kappa shape index (κ2) is 13.0. The van der Waals surface area contributed by atoms with E-state index in [0.29, 0.717) is 18.5 Å². The Morgan fingerprint density at radius 2 is 1.59 bits per heavy atom. The molecule has 5 heteroatoms. The molecular weight excluding hydrogens is 482 g/mol. The summed E-state index contributed by atoms with van der Waals surface area (Å²) in [6.45, 7) is 14.8. The molecule has 8 atom stereocenters. The van der Waals surface area contributed by atoms with E-state index < -0.39 is 0 Å². The number of fused-ring (bicyclic) bond motifs is 5. The van der Waals surface area contributed by atoms with E-state index in [2.05, 4.69) is 39.5 Å². The Hall–Kier alpha value is -0.130. The highest BCUT2D eigenvalue weighted by atomic mass is 35.5. The smallest absolute Gasteiger partial charge is 0.0578 e. The molecule has 4 rings (SSSR count). The van der Waals surface area contributed by atoms with Crippen LogP contribution in [-0.2, 0) is 0 Å².